The second kappa shape index (κ2) is 5.89. The number of nitrogens with two attached hydrogens (primary N) is 1. The molecule has 2 nitrogen and oxygen atoms in total. The van der Waals surface area contributed by atoms with Gasteiger partial charge in [0.1, 0.15) is 11.5 Å². The summed E-state index contributed by atoms with van der Waals surface area (Å²) >= 11 is 0. The molecule has 0 spiro atoms. The molecule has 0 saturated heterocycles. The topological polar surface area (TPSA) is 35.2 Å². The van der Waals surface area contributed by atoms with Crippen LogP contribution < -0.4 is 10.5 Å². The molecule has 2 rings (SSSR count). The van der Waals surface area contributed by atoms with Crippen molar-refractivity contribution in [1.29, 1.82) is 0 Å². The Morgan fingerprint density at radius 1 is 1.00 bits per heavy atom. The lowest BCUT2D eigenvalue weighted by Gasteiger charge is -2.13. The maximum absolute atomic E-state index is 5.97. The van der Waals surface area contributed by atoms with Crippen molar-refractivity contribution in [2.24, 2.45) is 5.73 Å². The summed E-state index contributed by atoms with van der Waals surface area (Å²) in [7, 11) is 0. The van der Waals surface area contributed by atoms with Crippen LogP contribution in [0.5, 0.6) is 11.5 Å². The van der Waals surface area contributed by atoms with Crippen molar-refractivity contribution < 1.29 is 4.74 Å². The maximum Gasteiger partial charge on any atom is 0.130 e. The third-order valence-electron chi connectivity index (χ3n) is 3.11. The van der Waals surface area contributed by atoms with Crippen LogP contribution in [0.15, 0.2) is 42.5 Å². The number of rotatable bonds is 4. The van der Waals surface area contributed by atoms with Crippen molar-refractivity contribution >= 4 is 0 Å². The van der Waals surface area contributed by atoms with Crippen molar-refractivity contribution in [3.8, 4) is 11.5 Å². The predicted molar refractivity (Wildman–Crippen MR) is 79.8 cm³/mol. The first-order valence-corrected chi connectivity index (χ1v) is 6.65. The highest BCUT2D eigenvalue weighted by atomic mass is 16.5. The van der Waals surface area contributed by atoms with E-state index in [9.17, 15) is 0 Å². The summed E-state index contributed by atoms with van der Waals surface area (Å²) in [6.45, 7) is 6.14. The van der Waals surface area contributed by atoms with E-state index in [1.807, 2.05) is 31.2 Å². The smallest absolute Gasteiger partial charge is 0.130 e. The molecule has 0 aromatic heterocycles. The van der Waals surface area contributed by atoms with E-state index in [0.29, 0.717) is 0 Å². The third kappa shape index (κ3) is 3.58. The lowest BCUT2D eigenvalue weighted by molar-refractivity contribution is 0.475. The van der Waals surface area contributed by atoms with Crippen LogP contribution in [0.4, 0.5) is 0 Å². The summed E-state index contributed by atoms with van der Waals surface area (Å²) in [4.78, 5) is 0. The molecule has 19 heavy (non-hydrogen) atoms. The molecular weight excluding hydrogens is 234 g/mol. The van der Waals surface area contributed by atoms with Crippen molar-refractivity contribution in [3.63, 3.8) is 0 Å². The fraction of sp³-hybridized carbons (Fsp3) is 0.294. The van der Waals surface area contributed by atoms with E-state index in [1.165, 1.54) is 5.56 Å². The Bertz CT molecular complexity index is 561. The first-order chi connectivity index (χ1) is 9.06. The fourth-order valence-corrected chi connectivity index (χ4v) is 2.11. The largest absolute Gasteiger partial charge is 0.457 e. The van der Waals surface area contributed by atoms with Crippen LogP contribution in [0, 0.1) is 13.8 Å². The van der Waals surface area contributed by atoms with Crippen LogP contribution in [0.3, 0.4) is 0 Å². The molecule has 0 heterocycles. The van der Waals surface area contributed by atoms with E-state index in [0.717, 1.165) is 29.0 Å². The molecule has 2 N–H and O–H groups in total. The van der Waals surface area contributed by atoms with Gasteiger partial charge >= 0.3 is 0 Å². The zero-order valence-electron chi connectivity index (χ0n) is 11.8. The highest BCUT2D eigenvalue weighted by Gasteiger charge is 2.05. The van der Waals surface area contributed by atoms with Gasteiger partial charge in [-0.15, -0.1) is 0 Å². The zero-order chi connectivity index (χ0) is 13.8. The summed E-state index contributed by atoms with van der Waals surface area (Å²) in [5, 5.41) is 0. The summed E-state index contributed by atoms with van der Waals surface area (Å²) in [5.74, 6) is 1.81. The van der Waals surface area contributed by atoms with Gasteiger partial charge in [0.25, 0.3) is 0 Å². The van der Waals surface area contributed by atoms with Gasteiger partial charge in [0.15, 0.2) is 0 Å². The number of ether oxygens (including phenoxy) is 1. The second-order valence-corrected chi connectivity index (χ2v) is 5.15. The number of hydrogen-bond donors (Lipinski definition) is 1. The molecule has 0 aliphatic carbocycles. The van der Waals surface area contributed by atoms with Crippen LogP contribution in [0.1, 0.15) is 23.6 Å². The molecule has 0 saturated carbocycles. The summed E-state index contributed by atoms with van der Waals surface area (Å²) in [6.07, 6.45) is 0.894. The molecule has 0 amide bonds. The molecule has 1 unspecified atom stereocenters. The quantitative estimate of drug-likeness (QED) is 0.896. The number of aryl methyl sites for hydroxylation is 2. The molecule has 0 aliphatic heterocycles. The Hall–Kier alpha value is -1.80. The van der Waals surface area contributed by atoms with E-state index < -0.39 is 0 Å². The molecule has 2 heteroatoms. The summed E-state index contributed by atoms with van der Waals surface area (Å²) in [5.41, 5.74) is 9.36. The van der Waals surface area contributed by atoms with Crippen molar-refractivity contribution in [3.05, 3.63) is 59.2 Å². The Balaban J connectivity index is 2.20. The maximum atomic E-state index is 5.97. The van der Waals surface area contributed by atoms with Gasteiger partial charge in [0, 0.05) is 6.04 Å². The number of para-hydroxylation sites is 1. The molecule has 2 aromatic rings. The van der Waals surface area contributed by atoms with Gasteiger partial charge < -0.3 is 10.5 Å². The molecule has 0 aliphatic rings. The Morgan fingerprint density at radius 2 is 1.68 bits per heavy atom. The Morgan fingerprint density at radius 3 is 2.32 bits per heavy atom. The lowest BCUT2D eigenvalue weighted by atomic mass is 10.0. The predicted octanol–water partition coefficient (Wildman–Crippen LogP) is 3.99. The molecule has 1 atom stereocenters. The van der Waals surface area contributed by atoms with Gasteiger partial charge in [-0.25, -0.2) is 0 Å². The van der Waals surface area contributed by atoms with Gasteiger partial charge in [-0.05, 0) is 56.0 Å². The Labute approximate surface area is 115 Å². The van der Waals surface area contributed by atoms with Gasteiger partial charge in [-0.3, -0.25) is 0 Å². The van der Waals surface area contributed by atoms with Crippen LogP contribution >= 0.6 is 0 Å². The third-order valence-corrected chi connectivity index (χ3v) is 3.11. The SMILES string of the molecule is Cc1ccccc1Oc1ccc(CC(C)N)cc1C. The van der Waals surface area contributed by atoms with Crippen LogP contribution in [-0.2, 0) is 6.42 Å². The molecule has 0 bridgehead atoms. The minimum Gasteiger partial charge on any atom is -0.457 e. The average molecular weight is 255 g/mol. The monoisotopic (exact) mass is 255 g/mol. The molecule has 0 fully saturated rings. The van der Waals surface area contributed by atoms with Crippen molar-refractivity contribution in [2.45, 2.75) is 33.2 Å². The van der Waals surface area contributed by atoms with E-state index in [1.54, 1.807) is 0 Å². The van der Waals surface area contributed by atoms with Crippen molar-refractivity contribution in [1.82, 2.24) is 0 Å². The molecule has 2 aromatic carbocycles. The first-order valence-electron chi connectivity index (χ1n) is 6.65. The minimum atomic E-state index is 0.183. The summed E-state index contributed by atoms with van der Waals surface area (Å²) < 4.78 is 5.97. The molecule has 0 radical (unpaired) electrons. The summed E-state index contributed by atoms with van der Waals surface area (Å²) in [6, 6.07) is 14.5. The molecule has 100 valence electrons. The van der Waals surface area contributed by atoms with Crippen LogP contribution in [0.2, 0.25) is 0 Å². The van der Waals surface area contributed by atoms with Crippen molar-refractivity contribution in [2.75, 3.05) is 0 Å². The van der Waals surface area contributed by atoms with E-state index in [2.05, 4.69) is 32.0 Å². The van der Waals surface area contributed by atoms with Gasteiger partial charge in [-0.1, -0.05) is 30.3 Å². The Kier molecular flexibility index (Phi) is 4.23. The standard InChI is InChI=1S/C17H21NO/c1-12-6-4-5-7-16(12)19-17-9-8-15(10-13(17)2)11-14(3)18/h4-10,14H,11,18H2,1-3H3. The van der Waals surface area contributed by atoms with Gasteiger partial charge in [0.2, 0.25) is 0 Å². The van der Waals surface area contributed by atoms with Gasteiger partial charge in [-0.2, -0.15) is 0 Å². The van der Waals surface area contributed by atoms with E-state index in [4.69, 9.17) is 10.5 Å². The zero-order valence-corrected chi connectivity index (χ0v) is 11.8. The highest BCUT2D eigenvalue weighted by molar-refractivity contribution is 5.42. The average Bonchev–Trinajstić information content (AvgIpc) is 2.34. The minimum absolute atomic E-state index is 0.183. The lowest BCUT2D eigenvalue weighted by Crippen LogP contribution is -2.17. The normalized spacial score (nSPS) is 12.2. The second-order valence-electron chi connectivity index (χ2n) is 5.15. The van der Waals surface area contributed by atoms with E-state index >= 15 is 0 Å². The van der Waals surface area contributed by atoms with Crippen LogP contribution in [-0.4, -0.2) is 6.04 Å². The van der Waals surface area contributed by atoms with Gasteiger partial charge in [0.05, 0.1) is 0 Å². The number of benzene rings is 2. The highest BCUT2D eigenvalue weighted by Crippen LogP contribution is 2.28. The van der Waals surface area contributed by atoms with E-state index in [-0.39, 0.29) is 6.04 Å². The number of hydrogen-bond acceptors (Lipinski definition) is 2. The fourth-order valence-electron chi connectivity index (χ4n) is 2.11. The molecular formula is C17H21NO. The first kappa shape index (κ1) is 13.6. The van der Waals surface area contributed by atoms with Crippen LogP contribution in [0.25, 0.3) is 0 Å².